The molecule has 0 aliphatic heterocycles. The summed E-state index contributed by atoms with van der Waals surface area (Å²) >= 11 is 1.48. The number of rotatable bonds is 6. The molecule has 2 saturated carbocycles. The van der Waals surface area contributed by atoms with Crippen LogP contribution in [0, 0.1) is 17.2 Å². The van der Waals surface area contributed by atoms with E-state index in [1.807, 2.05) is 30.3 Å². The van der Waals surface area contributed by atoms with Crippen LogP contribution in [0.1, 0.15) is 50.4 Å². The summed E-state index contributed by atoms with van der Waals surface area (Å²) in [5.41, 5.74) is 2.70. The van der Waals surface area contributed by atoms with Gasteiger partial charge < -0.3 is 4.57 Å². The fourth-order valence-electron chi connectivity index (χ4n) is 4.37. The first-order valence-corrected chi connectivity index (χ1v) is 12.3. The van der Waals surface area contributed by atoms with Crippen LogP contribution in [0.15, 0.2) is 36.5 Å². The summed E-state index contributed by atoms with van der Waals surface area (Å²) in [5.74, 6) is 0.336. The second kappa shape index (κ2) is 6.35. The molecule has 0 atom stereocenters. The molecule has 2 aliphatic carbocycles. The Labute approximate surface area is 175 Å². The fourth-order valence-corrected chi connectivity index (χ4v) is 7.15. The van der Waals surface area contributed by atoms with Gasteiger partial charge in [-0.05, 0) is 69.7 Å². The Morgan fingerprint density at radius 2 is 2.00 bits per heavy atom. The van der Waals surface area contributed by atoms with Gasteiger partial charge in [-0.25, -0.2) is 8.42 Å². The number of nitriles is 1. The van der Waals surface area contributed by atoms with Crippen LogP contribution in [0.2, 0.25) is 0 Å². The quantitative estimate of drug-likeness (QED) is 0.566. The van der Waals surface area contributed by atoms with E-state index in [-0.39, 0.29) is 6.04 Å². The van der Waals surface area contributed by atoms with Crippen molar-refractivity contribution < 1.29 is 8.42 Å². The van der Waals surface area contributed by atoms with E-state index < -0.39 is 14.8 Å². The molecular formula is C22H23N3O2S2. The highest BCUT2D eigenvalue weighted by Crippen LogP contribution is 2.59. The van der Waals surface area contributed by atoms with Gasteiger partial charge in [0.2, 0.25) is 10.0 Å². The Balaban J connectivity index is 1.56. The summed E-state index contributed by atoms with van der Waals surface area (Å²) in [6.45, 7) is 4.23. The van der Waals surface area contributed by atoms with Crippen molar-refractivity contribution in [2.75, 3.05) is 4.72 Å². The molecule has 0 bridgehead atoms. The van der Waals surface area contributed by atoms with Crippen molar-refractivity contribution in [3.63, 3.8) is 0 Å². The van der Waals surface area contributed by atoms with E-state index in [9.17, 15) is 8.42 Å². The normalized spacial score (nSPS) is 18.1. The molecule has 150 valence electrons. The van der Waals surface area contributed by atoms with E-state index in [0.717, 1.165) is 47.0 Å². The van der Waals surface area contributed by atoms with Crippen molar-refractivity contribution in [1.82, 2.24) is 4.57 Å². The molecule has 2 aromatic heterocycles. The summed E-state index contributed by atoms with van der Waals surface area (Å²) in [4.78, 5) is 1.73. The first-order chi connectivity index (χ1) is 13.8. The van der Waals surface area contributed by atoms with Gasteiger partial charge in [-0.1, -0.05) is 6.07 Å². The minimum Gasteiger partial charge on any atom is -0.344 e. The van der Waals surface area contributed by atoms with Crippen molar-refractivity contribution in [3.8, 4) is 16.5 Å². The first kappa shape index (κ1) is 18.7. The highest BCUT2D eigenvalue weighted by atomic mass is 32.2. The lowest BCUT2D eigenvalue weighted by Gasteiger charge is -2.17. The van der Waals surface area contributed by atoms with Crippen LogP contribution in [0.5, 0.6) is 0 Å². The van der Waals surface area contributed by atoms with Gasteiger partial charge in [0.15, 0.2) is 0 Å². The maximum absolute atomic E-state index is 13.0. The van der Waals surface area contributed by atoms with Crippen LogP contribution in [-0.2, 0) is 10.0 Å². The standard InChI is InChI=1S/C22H23N3O2S2/c1-14(2)25-13-19(21-8-6-17(12-23)28-21)18-7-5-16(11-20(18)25)24-29(26,27)22(9-10-22)15-3-4-15/h5-8,11,13-15,24H,3-4,9-10H2,1-2H3. The molecule has 2 aliphatic rings. The number of nitrogens with one attached hydrogen (secondary N) is 1. The number of nitrogens with zero attached hydrogens (tertiary/aromatic N) is 2. The second-order valence-electron chi connectivity index (χ2n) is 8.50. The summed E-state index contributed by atoms with van der Waals surface area (Å²) in [5, 5.41) is 10.2. The summed E-state index contributed by atoms with van der Waals surface area (Å²) in [7, 11) is -3.38. The monoisotopic (exact) mass is 425 g/mol. The van der Waals surface area contributed by atoms with Crippen LogP contribution >= 0.6 is 11.3 Å². The SMILES string of the molecule is CC(C)n1cc(-c2ccc(C#N)s2)c2ccc(NS(=O)(=O)C3(C4CC4)CC3)cc21. The number of sulfonamides is 1. The molecule has 0 unspecified atom stereocenters. The van der Waals surface area contributed by atoms with Gasteiger partial charge in [0, 0.05) is 28.1 Å². The van der Waals surface area contributed by atoms with Crippen LogP contribution in [0.25, 0.3) is 21.3 Å². The molecule has 29 heavy (non-hydrogen) atoms. The molecule has 0 radical (unpaired) electrons. The number of thiophene rings is 1. The molecule has 1 N–H and O–H groups in total. The molecule has 0 amide bonds. The smallest absolute Gasteiger partial charge is 0.238 e. The van der Waals surface area contributed by atoms with E-state index in [2.05, 4.69) is 35.4 Å². The predicted octanol–water partition coefficient (Wildman–Crippen LogP) is 5.51. The molecule has 1 aromatic carbocycles. The molecule has 5 nitrogen and oxygen atoms in total. The van der Waals surface area contributed by atoms with Crippen molar-refractivity contribution in [2.45, 2.75) is 50.3 Å². The Hall–Kier alpha value is -2.30. The fraction of sp³-hybridized carbons (Fsp3) is 0.409. The van der Waals surface area contributed by atoms with E-state index >= 15 is 0 Å². The largest absolute Gasteiger partial charge is 0.344 e. The molecule has 0 spiro atoms. The Morgan fingerprint density at radius 3 is 2.59 bits per heavy atom. The highest BCUT2D eigenvalue weighted by molar-refractivity contribution is 7.94. The average Bonchev–Trinajstić information content (AvgIpc) is 3.58. The minimum atomic E-state index is -3.38. The van der Waals surface area contributed by atoms with Gasteiger partial charge in [-0.15, -0.1) is 11.3 Å². The van der Waals surface area contributed by atoms with Crippen molar-refractivity contribution in [3.05, 3.63) is 41.4 Å². The lowest BCUT2D eigenvalue weighted by Crippen LogP contribution is -2.31. The number of aromatic nitrogens is 1. The second-order valence-corrected chi connectivity index (χ2v) is 11.6. The van der Waals surface area contributed by atoms with Gasteiger partial charge in [0.05, 0.1) is 16.0 Å². The Bertz CT molecular complexity index is 1250. The van der Waals surface area contributed by atoms with Crippen molar-refractivity contribution in [2.24, 2.45) is 5.92 Å². The summed E-state index contributed by atoms with van der Waals surface area (Å²) in [6.07, 6.45) is 5.73. The van der Waals surface area contributed by atoms with E-state index in [1.54, 1.807) is 0 Å². The number of benzene rings is 1. The maximum Gasteiger partial charge on any atom is 0.238 e. The van der Waals surface area contributed by atoms with Crippen LogP contribution < -0.4 is 4.72 Å². The minimum absolute atomic E-state index is 0.231. The third-order valence-electron chi connectivity index (χ3n) is 6.22. The zero-order chi connectivity index (χ0) is 20.4. The van der Waals surface area contributed by atoms with Crippen LogP contribution in [0.3, 0.4) is 0 Å². The highest BCUT2D eigenvalue weighted by Gasteiger charge is 2.63. The third-order valence-corrected chi connectivity index (χ3v) is 9.56. The summed E-state index contributed by atoms with van der Waals surface area (Å²) in [6, 6.07) is 12.0. The Morgan fingerprint density at radius 1 is 1.24 bits per heavy atom. The van der Waals surface area contributed by atoms with Gasteiger partial charge >= 0.3 is 0 Å². The topological polar surface area (TPSA) is 74.9 Å². The molecule has 0 saturated heterocycles. The van der Waals surface area contributed by atoms with Gasteiger partial charge in [0.25, 0.3) is 0 Å². The Kier molecular flexibility index (Phi) is 4.10. The first-order valence-electron chi connectivity index (χ1n) is 10.0. The van der Waals surface area contributed by atoms with E-state index in [0.29, 0.717) is 16.5 Å². The van der Waals surface area contributed by atoms with Gasteiger partial charge in [-0.3, -0.25) is 4.72 Å². The molecule has 2 heterocycles. The van der Waals surface area contributed by atoms with Crippen LogP contribution in [-0.4, -0.2) is 17.7 Å². The zero-order valence-electron chi connectivity index (χ0n) is 16.5. The summed E-state index contributed by atoms with van der Waals surface area (Å²) < 4.78 is 30.6. The predicted molar refractivity (Wildman–Crippen MR) is 118 cm³/mol. The maximum atomic E-state index is 13.0. The van der Waals surface area contributed by atoms with Gasteiger partial charge in [-0.2, -0.15) is 5.26 Å². The number of fused-ring (bicyclic) bond motifs is 1. The zero-order valence-corrected chi connectivity index (χ0v) is 18.1. The molecule has 5 rings (SSSR count). The lowest BCUT2D eigenvalue weighted by molar-refractivity contribution is 0.568. The molecule has 7 heteroatoms. The molecule has 2 fully saturated rings. The van der Waals surface area contributed by atoms with Crippen molar-refractivity contribution in [1.29, 1.82) is 5.26 Å². The number of hydrogen-bond acceptors (Lipinski definition) is 4. The van der Waals surface area contributed by atoms with E-state index in [1.165, 1.54) is 11.3 Å². The molecule has 3 aromatic rings. The number of hydrogen-bond donors (Lipinski definition) is 1. The average molecular weight is 426 g/mol. The van der Waals surface area contributed by atoms with Gasteiger partial charge in [0.1, 0.15) is 10.9 Å². The lowest BCUT2D eigenvalue weighted by atomic mass is 10.1. The van der Waals surface area contributed by atoms with E-state index in [4.69, 9.17) is 5.26 Å². The molecular weight excluding hydrogens is 402 g/mol. The number of anilines is 1. The third kappa shape index (κ3) is 2.97. The van der Waals surface area contributed by atoms with Crippen molar-refractivity contribution >= 4 is 38.0 Å². The van der Waals surface area contributed by atoms with Crippen LogP contribution in [0.4, 0.5) is 5.69 Å².